The van der Waals surface area contributed by atoms with Gasteiger partial charge in [-0.3, -0.25) is 0 Å². The highest BCUT2D eigenvalue weighted by molar-refractivity contribution is 4.93. The van der Waals surface area contributed by atoms with Gasteiger partial charge in [-0.25, -0.2) is 0 Å². The molecule has 25 heavy (non-hydrogen) atoms. The standard InChI is InChI=1S/C19H34O6/c1-3-4-5-17(11-21)14-24-19(25-15-17)8-6-18(7-9-19)22-12-16(2,10-20)13-23-18/h20-21H,3-15H2,1-2H3. The predicted molar refractivity (Wildman–Crippen MR) is 92.0 cm³/mol. The number of hydrogen-bond acceptors (Lipinski definition) is 6. The molecule has 146 valence electrons. The lowest BCUT2D eigenvalue weighted by Gasteiger charge is -2.52. The molecule has 2 N–H and O–H groups in total. The first-order valence-corrected chi connectivity index (χ1v) is 9.70. The van der Waals surface area contributed by atoms with Gasteiger partial charge in [-0.15, -0.1) is 0 Å². The fourth-order valence-corrected chi connectivity index (χ4v) is 3.89. The van der Waals surface area contributed by atoms with Gasteiger partial charge in [0.05, 0.1) is 39.6 Å². The first-order chi connectivity index (χ1) is 11.9. The van der Waals surface area contributed by atoms with Crippen molar-refractivity contribution in [1.82, 2.24) is 0 Å². The number of hydrogen-bond donors (Lipinski definition) is 2. The number of unbranched alkanes of at least 4 members (excludes halogenated alkanes) is 1. The molecule has 2 aliphatic heterocycles. The smallest absolute Gasteiger partial charge is 0.168 e. The van der Waals surface area contributed by atoms with Crippen molar-refractivity contribution in [3.05, 3.63) is 0 Å². The van der Waals surface area contributed by atoms with Crippen LogP contribution in [-0.2, 0) is 18.9 Å². The Morgan fingerprint density at radius 3 is 1.64 bits per heavy atom. The van der Waals surface area contributed by atoms with Gasteiger partial charge in [-0.2, -0.15) is 0 Å². The topological polar surface area (TPSA) is 77.4 Å². The van der Waals surface area contributed by atoms with Crippen LogP contribution in [-0.4, -0.2) is 61.4 Å². The molecule has 2 spiro atoms. The van der Waals surface area contributed by atoms with Crippen LogP contribution in [0.2, 0.25) is 0 Å². The van der Waals surface area contributed by atoms with Crippen LogP contribution in [0.1, 0.15) is 58.8 Å². The van der Waals surface area contributed by atoms with Crippen molar-refractivity contribution >= 4 is 0 Å². The third-order valence-corrected chi connectivity index (χ3v) is 6.20. The Morgan fingerprint density at radius 2 is 1.24 bits per heavy atom. The molecule has 6 nitrogen and oxygen atoms in total. The Bertz CT molecular complexity index is 423. The number of aliphatic hydroxyl groups excluding tert-OH is 2. The van der Waals surface area contributed by atoms with Crippen LogP contribution >= 0.6 is 0 Å². The number of ether oxygens (including phenoxy) is 4. The summed E-state index contributed by atoms with van der Waals surface area (Å²) in [6, 6.07) is 0. The molecule has 0 aromatic carbocycles. The minimum absolute atomic E-state index is 0.0697. The maximum atomic E-state index is 9.81. The van der Waals surface area contributed by atoms with E-state index in [1.165, 1.54) is 0 Å². The molecule has 0 bridgehead atoms. The van der Waals surface area contributed by atoms with E-state index in [1.54, 1.807) is 0 Å². The monoisotopic (exact) mass is 358 g/mol. The molecular formula is C19H34O6. The molecule has 0 aromatic rings. The molecule has 0 aromatic heterocycles. The molecule has 6 heteroatoms. The highest BCUT2D eigenvalue weighted by atomic mass is 16.7. The summed E-state index contributed by atoms with van der Waals surface area (Å²) >= 11 is 0. The lowest BCUT2D eigenvalue weighted by Crippen LogP contribution is -2.58. The lowest BCUT2D eigenvalue weighted by molar-refractivity contribution is -0.369. The maximum Gasteiger partial charge on any atom is 0.168 e. The number of aliphatic hydroxyl groups is 2. The van der Waals surface area contributed by atoms with Crippen LogP contribution < -0.4 is 0 Å². The molecule has 0 atom stereocenters. The van der Waals surface area contributed by atoms with Crippen LogP contribution in [0.15, 0.2) is 0 Å². The van der Waals surface area contributed by atoms with Gasteiger partial charge >= 0.3 is 0 Å². The molecule has 3 rings (SSSR count). The molecule has 2 heterocycles. The molecule has 2 saturated heterocycles. The van der Waals surface area contributed by atoms with Gasteiger partial charge in [0.1, 0.15) is 0 Å². The van der Waals surface area contributed by atoms with Crippen molar-refractivity contribution in [2.45, 2.75) is 70.4 Å². The van der Waals surface area contributed by atoms with Crippen LogP contribution in [0.5, 0.6) is 0 Å². The third kappa shape index (κ3) is 4.04. The average molecular weight is 358 g/mol. The van der Waals surface area contributed by atoms with E-state index >= 15 is 0 Å². The van der Waals surface area contributed by atoms with E-state index in [0.29, 0.717) is 26.4 Å². The molecule has 3 fully saturated rings. The Kier molecular flexibility index (Phi) is 5.78. The lowest BCUT2D eigenvalue weighted by atomic mass is 9.81. The van der Waals surface area contributed by atoms with E-state index in [2.05, 4.69) is 6.92 Å². The average Bonchev–Trinajstić information content (AvgIpc) is 2.67. The molecular weight excluding hydrogens is 324 g/mol. The molecule has 0 amide bonds. The second-order valence-electron chi connectivity index (χ2n) is 8.71. The summed E-state index contributed by atoms with van der Waals surface area (Å²) in [5.41, 5.74) is -0.560. The Morgan fingerprint density at radius 1 is 0.760 bits per heavy atom. The highest BCUT2D eigenvalue weighted by Crippen LogP contribution is 2.47. The van der Waals surface area contributed by atoms with Gasteiger partial charge in [0.15, 0.2) is 11.6 Å². The normalized spacial score (nSPS) is 45.1. The number of rotatable bonds is 5. The predicted octanol–water partition coefficient (Wildman–Crippen LogP) is 2.21. The van der Waals surface area contributed by atoms with Crippen molar-refractivity contribution in [1.29, 1.82) is 0 Å². The zero-order valence-corrected chi connectivity index (χ0v) is 15.7. The molecule has 1 aliphatic carbocycles. The van der Waals surface area contributed by atoms with Gasteiger partial charge in [0.25, 0.3) is 0 Å². The summed E-state index contributed by atoms with van der Waals surface area (Å²) in [7, 11) is 0. The summed E-state index contributed by atoms with van der Waals surface area (Å²) in [6.45, 7) is 6.46. The zero-order chi connectivity index (χ0) is 18.0. The van der Waals surface area contributed by atoms with Gasteiger partial charge in [-0.1, -0.05) is 26.7 Å². The quantitative estimate of drug-likeness (QED) is 0.785. The van der Waals surface area contributed by atoms with Crippen molar-refractivity contribution in [2.75, 3.05) is 39.6 Å². The largest absolute Gasteiger partial charge is 0.396 e. The minimum Gasteiger partial charge on any atom is -0.396 e. The van der Waals surface area contributed by atoms with Gasteiger partial charge in [0, 0.05) is 36.5 Å². The van der Waals surface area contributed by atoms with Crippen LogP contribution in [0.3, 0.4) is 0 Å². The van der Waals surface area contributed by atoms with E-state index in [9.17, 15) is 10.2 Å². The van der Waals surface area contributed by atoms with E-state index in [1.807, 2.05) is 6.92 Å². The summed E-state index contributed by atoms with van der Waals surface area (Å²) in [6.07, 6.45) is 6.05. The van der Waals surface area contributed by atoms with Gasteiger partial charge in [0.2, 0.25) is 0 Å². The molecule has 0 unspecified atom stereocenters. The third-order valence-electron chi connectivity index (χ3n) is 6.20. The van der Waals surface area contributed by atoms with Crippen LogP contribution in [0, 0.1) is 10.8 Å². The molecule has 0 radical (unpaired) electrons. The van der Waals surface area contributed by atoms with E-state index < -0.39 is 11.6 Å². The Hall–Kier alpha value is -0.240. The molecule has 3 aliphatic rings. The summed E-state index contributed by atoms with van der Waals surface area (Å²) in [4.78, 5) is 0. The van der Waals surface area contributed by atoms with E-state index in [0.717, 1.165) is 44.9 Å². The fraction of sp³-hybridized carbons (Fsp3) is 1.00. The van der Waals surface area contributed by atoms with Crippen molar-refractivity contribution < 1.29 is 29.2 Å². The van der Waals surface area contributed by atoms with Crippen molar-refractivity contribution in [2.24, 2.45) is 10.8 Å². The van der Waals surface area contributed by atoms with Crippen LogP contribution in [0.4, 0.5) is 0 Å². The second kappa shape index (κ2) is 7.41. The first kappa shape index (κ1) is 19.5. The van der Waals surface area contributed by atoms with Crippen LogP contribution in [0.25, 0.3) is 0 Å². The Labute approximate surface area is 150 Å². The minimum atomic E-state index is -0.555. The van der Waals surface area contributed by atoms with Crippen molar-refractivity contribution in [3.63, 3.8) is 0 Å². The second-order valence-corrected chi connectivity index (χ2v) is 8.71. The fourth-order valence-electron chi connectivity index (χ4n) is 3.89. The Balaban J connectivity index is 1.53. The highest BCUT2D eigenvalue weighted by Gasteiger charge is 2.52. The maximum absolute atomic E-state index is 9.81. The van der Waals surface area contributed by atoms with Gasteiger partial charge < -0.3 is 29.2 Å². The summed E-state index contributed by atoms with van der Waals surface area (Å²) < 4.78 is 24.4. The first-order valence-electron chi connectivity index (χ1n) is 9.70. The van der Waals surface area contributed by atoms with Gasteiger partial charge in [-0.05, 0) is 6.42 Å². The van der Waals surface area contributed by atoms with E-state index in [4.69, 9.17) is 18.9 Å². The van der Waals surface area contributed by atoms with Crippen molar-refractivity contribution in [3.8, 4) is 0 Å². The molecule has 1 saturated carbocycles. The SMILES string of the molecule is CCCCC1(CO)COC2(CCC3(CC2)OCC(C)(CO)CO3)OC1. The zero-order valence-electron chi connectivity index (χ0n) is 15.7. The summed E-state index contributed by atoms with van der Waals surface area (Å²) in [5, 5.41) is 19.3. The summed E-state index contributed by atoms with van der Waals surface area (Å²) in [5.74, 6) is -1.11. The van der Waals surface area contributed by atoms with E-state index in [-0.39, 0.29) is 24.0 Å².